The Morgan fingerprint density at radius 2 is 1.64 bits per heavy atom. The monoisotopic (exact) mass is 293 g/mol. The molecule has 22 heavy (non-hydrogen) atoms. The fraction of sp³-hybridized carbons (Fsp3) is 0.0556. The number of ketones is 2. The van der Waals surface area contributed by atoms with Crippen LogP contribution in [-0.2, 0) is 9.59 Å². The third kappa shape index (κ3) is 5.17. The molecule has 0 bridgehead atoms. The first kappa shape index (κ1) is 15.4. The van der Waals surface area contributed by atoms with Gasteiger partial charge < -0.3 is 5.11 Å². The van der Waals surface area contributed by atoms with Crippen molar-refractivity contribution in [3.63, 3.8) is 0 Å². The van der Waals surface area contributed by atoms with Crippen molar-refractivity contribution in [3.05, 3.63) is 72.1 Å². The lowest BCUT2D eigenvalue weighted by atomic mass is 10.1. The second-order valence-corrected chi connectivity index (χ2v) is 4.62. The summed E-state index contributed by atoms with van der Waals surface area (Å²) in [5.74, 6) is -0.381. The van der Waals surface area contributed by atoms with Crippen LogP contribution in [0.4, 0.5) is 0 Å². The van der Waals surface area contributed by atoms with Crippen LogP contribution < -0.4 is 0 Å². The van der Waals surface area contributed by atoms with Crippen molar-refractivity contribution in [2.24, 2.45) is 0 Å². The molecule has 0 atom stereocenters. The number of carbonyl (C=O) groups excluding carboxylic acids is 2. The van der Waals surface area contributed by atoms with Crippen LogP contribution in [0, 0.1) is 0 Å². The van der Waals surface area contributed by atoms with Gasteiger partial charge in [-0.05, 0) is 48.1 Å². The number of aromatic hydroxyl groups is 1. The molecule has 1 heterocycles. The molecule has 0 saturated heterocycles. The molecule has 4 nitrogen and oxygen atoms in total. The zero-order valence-electron chi connectivity index (χ0n) is 11.8. The molecule has 1 N–H and O–H groups in total. The normalized spacial score (nSPS) is 11.1. The van der Waals surface area contributed by atoms with Gasteiger partial charge in [-0.15, -0.1) is 0 Å². The molecular formula is C18H15NO3. The van der Waals surface area contributed by atoms with E-state index in [9.17, 15) is 9.59 Å². The summed E-state index contributed by atoms with van der Waals surface area (Å²) >= 11 is 0. The van der Waals surface area contributed by atoms with Crippen LogP contribution in [0.3, 0.4) is 0 Å². The van der Waals surface area contributed by atoms with E-state index in [2.05, 4.69) is 4.98 Å². The number of phenols is 1. The molecule has 2 aromatic rings. The van der Waals surface area contributed by atoms with E-state index in [1.807, 2.05) is 6.07 Å². The second-order valence-electron chi connectivity index (χ2n) is 4.62. The summed E-state index contributed by atoms with van der Waals surface area (Å²) < 4.78 is 0. The van der Waals surface area contributed by atoms with Gasteiger partial charge in [-0.3, -0.25) is 14.6 Å². The van der Waals surface area contributed by atoms with Gasteiger partial charge in [-0.2, -0.15) is 0 Å². The Balaban J connectivity index is 1.87. The largest absolute Gasteiger partial charge is 0.508 e. The third-order valence-electron chi connectivity index (χ3n) is 2.83. The highest BCUT2D eigenvalue weighted by atomic mass is 16.3. The lowest BCUT2D eigenvalue weighted by molar-refractivity contribution is -0.121. The third-order valence-corrected chi connectivity index (χ3v) is 2.83. The summed E-state index contributed by atoms with van der Waals surface area (Å²) in [6.45, 7) is 0. The molecule has 0 aliphatic rings. The van der Waals surface area contributed by atoms with Crippen molar-refractivity contribution < 1.29 is 14.7 Å². The number of pyridine rings is 1. The highest BCUT2D eigenvalue weighted by molar-refractivity contribution is 6.10. The number of benzene rings is 1. The Hall–Kier alpha value is -3.01. The number of hydrogen-bond donors (Lipinski definition) is 1. The molecule has 0 saturated carbocycles. The summed E-state index contributed by atoms with van der Waals surface area (Å²) in [4.78, 5) is 27.4. The molecule has 0 radical (unpaired) electrons. The Morgan fingerprint density at radius 1 is 0.955 bits per heavy atom. The Bertz CT molecular complexity index is 701. The van der Waals surface area contributed by atoms with Gasteiger partial charge in [0, 0.05) is 6.20 Å². The van der Waals surface area contributed by atoms with Crippen LogP contribution >= 0.6 is 0 Å². The van der Waals surface area contributed by atoms with Gasteiger partial charge in [-0.1, -0.05) is 24.3 Å². The first-order valence-corrected chi connectivity index (χ1v) is 6.75. The zero-order chi connectivity index (χ0) is 15.8. The van der Waals surface area contributed by atoms with Crippen molar-refractivity contribution >= 4 is 23.7 Å². The lowest BCUT2D eigenvalue weighted by Gasteiger charge is -1.94. The smallest absolute Gasteiger partial charge is 0.163 e. The average Bonchev–Trinajstić information content (AvgIpc) is 2.53. The topological polar surface area (TPSA) is 67.3 Å². The minimum atomic E-state index is -0.274. The summed E-state index contributed by atoms with van der Waals surface area (Å²) in [5.41, 5.74) is 1.45. The maximum absolute atomic E-state index is 11.7. The predicted molar refractivity (Wildman–Crippen MR) is 85.0 cm³/mol. The van der Waals surface area contributed by atoms with Crippen molar-refractivity contribution in [2.45, 2.75) is 6.42 Å². The fourth-order valence-corrected chi connectivity index (χ4v) is 1.72. The van der Waals surface area contributed by atoms with Crippen molar-refractivity contribution in [2.75, 3.05) is 0 Å². The highest BCUT2D eigenvalue weighted by Gasteiger charge is 2.03. The van der Waals surface area contributed by atoms with E-state index >= 15 is 0 Å². The molecule has 110 valence electrons. The average molecular weight is 293 g/mol. The molecule has 0 amide bonds. The van der Waals surface area contributed by atoms with Gasteiger partial charge in [0.05, 0.1) is 12.1 Å². The van der Waals surface area contributed by atoms with Crippen molar-refractivity contribution in [1.82, 2.24) is 4.98 Å². The molecule has 2 rings (SSSR count). The Kier molecular flexibility index (Phi) is 5.37. The Morgan fingerprint density at radius 3 is 2.27 bits per heavy atom. The van der Waals surface area contributed by atoms with Gasteiger partial charge >= 0.3 is 0 Å². The van der Waals surface area contributed by atoms with E-state index in [0.717, 1.165) is 5.56 Å². The van der Waals surface area contributed by atoms with Crippen LogP contribution in [0.15, 0.2) is 60.8 Å². The van der Waals surface area contributed by atoms with E-state index in [0.29, 0.717) is 5.69 Å². The fourth-order valence-electron chi connectivity index (χ4n) is 1.72. The first-order chi connectivity index (χ1) is 10.6. The first-order valence-electron chi connectivity index (χ1n) is 6.75. The SMILES string of the molecule is O=C(/C=C/c1ccc(O)cc1)CC(=O)/C=C/c1ccccn1. The van der Waals surface area contributed by atoms with E-state index in [1.165, 1.54) is 24.3 Å². The predicted octanol–water partition coefficient (Wildman–Crippen LogP) is 3.04. The maximum Gasteiger partial charge on any atom is 0.163 e. The van der Waals surface area contributed by atoms with Crippen LogP contribution in [0.5, 0.6) is 5.75 Å². The van der Waals surface area contributed by atoms with Crippen LogP contribution in [0.1, 0.15) is 17.7 Å². The number of phenolic OH excluding ortho intramolecular Hbond substituents is 1. The molecule has 1 aromatic heterocycles. The highest BCUT2D eigenvalue weighted by Crippen LogP contribution is 2.11. The van der Waals surface area contributed by atoms with Crippen LogP contribution in [-0.4, -0.2) is 21.7 Å². The number of hydrogen-bond acceptors (Lipinski definition) is 4. The van der Waals surface area contributed by atoms with Gasteiger partial charge in [0.2, 0.25) is 0 Å². The molecular weight excluding hydrogens is 278 g/mol. The quantitative estimate of drug-likeness (QED) is 0.656. The second kappa shape index (κ2) is 7.69. The summed E-state index contributed by atoms with van der Waals surface area (Å²) in [6, 6.07) is 11.8. The molecule has 1 aromatic carbocycles. The molecule has 0 unspecified atom stereocenters. The van der Waals surface area contributed by atoms with Crippen LogP contribution in [0.25, 0.3) is 12.2 Å². The minimum Gasteiger partial charge on any atom is -0.508 e. The van der Waals surface area contributed by atoms with Gasteiger partial charge in [0.1, 0.15) is 5.75 Å². The molecule has 0 fully saturated rings. The molecule has 0 spiro atoms. The number of nitrogens with zero attached hydrogens (tertiary/aromatic N) is 1. The number of allylic oxidation sites excluding steroid dienone is 2. The van der Waals surface area contributed by atoms with E-state index in [-0.39, 0.29) is 23.7 Å². The summed E-state index contributed by atoms with van der Waals surface area (Å²) in [6.07, 6.45) is 7.36. The van der Waals surface area contributed by atoms with Gasteiger partial charge in [0.15, 0.2) is 11.6 Å². The molecule has 0 aliphatic heterocycles. The minimum absolute atomic E-state index is 0.165. The maximum atomic E-state index is 11.7. The van der Waals surface area contributed by atoms with E-state index in [4.69, 9.17) is 5.11 Å². The molecule has 0 aliphatic carbocycles. The Labute approximate surface area is 128 Å². The van der Waals surface area contributed by atoms with E-state index < -0.39 is 0 Å². The zero-order valence-corrected chi connectivity index (χ0v) is 11.8. The van der Waals surface area contributed by atoms with E-state index in [1.54, 1.807) is 42.6 Å². The summed E-state index contributed by atoms with van der Waals surface area (Å²) in [7, 11) is 0. The lowest BCUT2D eigenvalue weighted by Crippen LogP contribution is -2.01. The number of carbonyl (C=O) groups is 2. The number of aromatic nitrogens is 1. The summed E-state index contributed by atoms with van der Waals surface area (Å²) in [5, 5.41) is 9.16. The van der Waals surface area contributed by atoms with Crippen molar-refractivity contribution in [1.29, 1.82) is 0 Å². The standard InChI is InChI=1S/C18H15NO3/c20-16-8-4-14(5-9-16)6-10-17(21)13-18(22)11-7-15-3-1-2-12-19-15/h1-12,20H,13H2/b10-6+,11-7+. The molecule has 4 heteroatoms. The van der Waals surface area contributed by atoms with Gasteiger partial charge in [-0.25, -0.2) is 0 Å². The van der Waals surface area contributed by atoms with Crippen LogP contribution in [0.2, 0.25) is 0 Å². The van der Waals surface area contributed by atoms with Gasteiger partial charge in [0.25, 0.3) is 0 Å². The number of rotatable bonds is 6. The van der Waals surface area contributed by atoms with Crippen molar-refractivity contribution in [3.8, 4) is 5.75 Å².